The van der Waals surface area contributed by atoms with E-state index in [0.29, 0.717) is 22.5 Å². The first-order valence-corrected chi connectivity index (χ1v) is 5.35. The largest absolute Gasteiger partial charge is 0.375 e. The average molecular weight is 285 g/mol. The van der Waals surface area contributed by atoms with Crippen molar-refractivity contribution in [1.82, 2.24) is 15.4 Å². The molecule has 0 aromatic carbocycles. The summed E-state index contributed by atoms with van der Waals surface area (Å²) in [7, 11) is 0. The number of anilines is 1. The molecule has 2 aromatic rings. The van der Waals surface area contributed by atoms with Crippen molar-refractivity contribution >= 4 is 21.6 Å². The van der Waals surface area contributed by atoms with Crippen molar-refractivity contribution in [2.45, 2.75) is 13.5 Å². The Bertz CT molecular complexity index is 548. The Morgan fingerprint density at radius 1 is 1.62 bits per heavy atom. The van der Waals surface area contributed by atoms with Gasteiger partial charge in [-0.25, -0.2) is 5.10 Å². The van der Waals surface area contributed by atoms with E-state index in [1.165, 1.54) is 6.20 Å². The number of hydrogen-bond donors (Lipinski definition) is 2. The zero-order chi connectivity index (χ0) is 11.5. The Hall–Kier alpha value is -1.63. The van der Waals surface area contributed by atoms with Crippen LogP contribution in [-0.2, 0) is 6.54 Å². The molecule has 0 aliphatic rings. The number of nitrogens with one attached hydrogen (secondary N) is 2. The van der Waals surface area contributed by atoms with Gasteiger partial charge in [-0.05, 0) is 22.9 Å². The first-order valence-electron chi connectivity index (χ1n) is 4.56. The van der Waals surface area contributed by atoms with Crippen LogP contribution in [0, 0.1) is 6.92 Å². The first kappa shape index (κ1) is 10.9. The molecule has 16 heavy (non-hydrogen) atoms. The van der Waals surface area contributed by atoms with Gasteiger partial charge in [0, 0.05) is 6.07 Å². The summed E-state index contributed by atoms with van der Waals surface area (Å²) in [5.74, 6) is 0.699. The molecule has 0 aliphatic carbocycles. The van der Waals surface area contributed by atoms with E-state index in [9.17, 15) is 4.79 Å². The van der Waals surface area contributed by atoms with E-state index >= 15 is 0 Å². The Balaban J connectivity index is 2.10. The van der Waals surface area contributed by atoms with Crippen molar-refractivity contribution in [2.24, 2.45) is 0 Å². The number of rotatable bonds is 3. The number of hydrogen-bond acceptors (Lipinski definition) is 5. The second kappa shape index (κ2) is 4.48. The number of aromatic amines is 1. The molecule has 6 nitrogen and oxygen atoms in total. The van der Waals surface area contributed by atoms with Gasteiger partial charge in [0.2, 0.25) is 0 Å². The molecule has 84 valence electrons. The molecule has 0 atom stereocenters. The molecule has 0 saturated carbocycles. The Kier molecular flexibility index (Phi) is 3.04. The lowest BCUT2D eigenvalue weighted by Gasteiger charge is -2.03. The Morgan fingerprint density at radius 2 is 2.44 bits per heavy atom. The fraction of sp³-hybridized carbons (Fsp3) is 0.222. The van der Waals surface area contributed by atoms with Gasteiger partial charge in [-0.15, -0.1) is 0 Å². The monoisotopic (exact) mass is 284 g/mol. The average Bonchev–Trinajstić information content (AvgIpc) is 2.67. The maximum atomic E-state index is 11.2. The van der Waals surface area contributed by atoms with Crippen LogP contribution in [0.1, 0.15) is 11.5 Å². The maximum Gasteiger partial charge on any atom is 0.280 e. The molecule has 2 aromatic heterocycles. The summed E-state index contributed by atoms with van der Waals surface area (Å²) in [6.45, 7) is 2.29. The normalized spacial score (nSPS) is 10.4. The maximum absolute atomic E-state index is 11.2. The van der Waals surface area contributed by atoms with Gasteiger partial charge in [0.1, 0.15) is 4.47 Å². The van der Waals surface area contributed by atoms with E-state index in [2.05, 4.69) is 36.6 Å². The van der Waals surface area contributed by atoms with Crippen LogP contribution in [0.15, 0.2) is 26.1 Å². The van der Waals surface area contributed by atoms with Crippen molar-refractivity contribution < 1.29 is 4.52 Å². The molecule has 2 rings (SSSR count). The third kappa shape index (κ3) is 2.30. The van der Waals surface area contributed by atoms with Crippen LogP contribution in [0.4, 0.5) is 5.69 Å². The minimum Gasteiger partial charge on any atom is -0.375 e. The molecule has 2 N–H and O–H groups in total. The van der Waals surface area contributed by atoms with Crippen molar-refractivity contribution in [1.29, 1.82) is 0 Å². The van der Waals surface area contributed by atoms with Crippen LogP contribution in [0.3, 0.4) is 0 Å². The molecular weight excluding hydrogens is 276 g/mol. The number of aryl methyl sites for hydroxylation is 1. The summed E-state index contributed by atoms with van der Waals surface area (Å²) >= 11 is 3.17. The van der Waals surface area contributed by atoms with Gasteiger partial charge in [-0.2, -0.15) is 5.10 Å². The molecule has 0 radical (unpaired) electrons. The number of nitrogens with zero attached hydrogens (tertiary/aromatic N) is 2. The van der Waals surface area contributed by atoms with Crippen LogP contribution in [-0.4, -0.2) is 15.4 Å². The van der Waals surface area contributed by atoms with E-state index in [0.717, 1.165) is 5.69 Å². The topological polar surface area (TPSA) is 83.8 Å². The van der Waals surface area contributed by atoms with Crippen LogP contribution >= 0.6 is 15.9 Å². The third-order valence-corrected chi connectivity index (χ3v) is 2.71. The summed E-state index contributed by atoms with van der Waals surface area (Å²) in [6, 6.07) is 1.82. The molecular formula is C9H9BrN4O2. The van der Waals surface area contributed by atoms with E-state index < -0.39 is 0 Å². The summed E-state index contributed by atoms with van der Waals surface area (Å²) < 4.78 is 5.44. The van der Waals surface area contributed by atoms with Crippen LogP contribution in [0.25, 0.3) is 0 Å². The third-order valence-electron chi connectivity index (χ3n) is 1.93. The van der Waals surface area contributed by atoms with Crippen LogP contribution in [0.5, 0.6) is 0 Å². The zero-order valence-electron chi connectivity index (χ0n) is 8.45. The van der Waals surface area contributed by atoms with Crippen LogP contribution in [0.2, 0.25) is 0 Å². The van der Waals surface area contributed by atoms with Gasteiger partial charge in [0.15, 0.2) is 5.76 Å². The van der Waals surface area contributed by atoms with E-state index in [1.807, 2.05) is 13.0 Å². The molecule has 0 amide bonds. The molecule has 0 bridgehead atoms. The van der Waals surface area contributed by atoms with Gasteiger partial charge in [-0.1, -0.05) is 5.16 Å². The molecule has 0 saturated heterocycles. The lowest BCUT2D eigenvalue weighted by molar-refractivity contribution is 0.384. The van der Waals surface area contributed by atoms with Crippen molar-refractivity contribution in [3.8, 4) is 0 Å². The highest BCUT2D eigenvalue weighted by atomic mass is 79.9. The van der Waals surface area contributed by atoms with Gasteiger partial charge in [0.25, 0.3) is 5.56 Å². The van der Waals surface area contributed by atoms with E-state index in [4.69, 9.17) is 4.52 Å². The number of halogens is 1. The number of aromatic nitrogens is 3. The fourth-order valence-electron chi connectivity index (χ4n) is 1.19. The van der Waals surface area contributed by atoms with Gasteiger partial charge >= 0.3 is 0 Å². The molecule has 7 heteroatoms. The lowest BCUT2D eigenvalue weighted by atomic mass is 10.3. The first-order chi connectivity index (χ1) is 7.66. The van der Waals surface area contributed by atoms with Crippen molar-refractivity contribution in [3.05, 3.63) is 38.5 Å². The standard InChI is InChI=1S/C9H9BrN4O2/c1-5-2-6(16-14-5)3-11-7-4-12-13-9(15)8(7)10/h2,4H,3H2,1H3,(H2,11,13,15). The summed E-state index contributed by atoms with van der Waals surface area (Å²) in [4.78, 5) is 11.2. The van der Waals surface area contributed by atoms with Crippen molar-refractivity contribution in [2.75, 3.05) is 5.32 Å². The minimum absolute atomic E-state index is 0.279. The van der Waals surface area contributed by atoms with E-state index in [-0.39, 0.29) is 5.56 Å². The predicted molar refractivity (Wildman–Crippen MR) is 61.1 cm³/mol. The highest BCUT2D eigenvalue weighted by Gasteiger charge is 2.05. The zero-order valence-corrected chi connectivity index (χ0v) is 10.0. The summed E-state index contributed by atoms with van der Waals surface area (Å²) in [6.07, 6.45) is 1.52. The highest BCUT2D eigenvalue weighted by molar-refractivity contribution is 9.10. The minimum atomic E-state index is -0.279. The smallest absolute Gasteiger partial charge is 0.280 e. The van der Waals surface area contributed by atoms with Gasteiger partial charge in [0.05, 0.1) is 24.1 Å². The second-order valence-electron chi connectivity index (χ2n) is 3.21. The lowest BCUT2D eigenvalue weighted by Crippen LogP contribution is -2.11. The SMILES string of the molecule is Cc1cc(CNc2cn[nH]c(=O)c2Br)on1. The highest BCUT2D eigenvalue weighted by Crippen LogP contribution is 2.16. The van der Waals surface area contributed by atoms with E-state index in [1.54, 1.807) is 0 Å². The molecule has 0 aliphatic heterocycles. The Labute approximate surface area is 99.2 Å². The quantitative estimate of drug-likeness (QED) is 0.891. The van der Waals surface area contributed by atoms with Gasteiger partial charge < -0.3 is 9.84 Å². The van der Waals surface area contributed by atoms with Crippen molar-refractivity contribution in [3.63, 3.8) is 0 Å². The molecule has 2 heterocycles. The summed E-state index contributed by atoms with van der Waals surface area (Å²) in [5.41, 5.74) is 1.15. The molecule has 0 unspecified atom stereocenters. The van der Waals surface area contributed by atoms with Gasteiger partial charge in [-0.3, -0.25) is 4.79 Å². The fourth-order valence-corrected chi connectivity index (χ4v) is 1.52. The summed E-state index contributed by atoms with van der Waals surface area (Å²) in [5, 5.41) is 12.8. The molecule has 0 fully saturated rings. The predicted octanol–water partition coefficient (Wildman–Crippen LogP) is 1.44. The Morgan fingerprint density at radius 3 is 3.12 bits per heavy atom. The number of H-pyrrole nitrogens is 1. The second-order valence-corrected chi connectivity index (χ2v) is 4.01. The van der Waals surface area contributed by atoms with Crippen LogP contribution < -0.4 is 10.9 Å². The molecule has 0 spiro atoms.